The molecule has 2 aromatic carbocycles. The van der Waals surface area contributed by atoms with Crippen molar-refractivity contribution in [2.24, 2.45) is 0 Å². The van der Waals surface area contributed by atoms with Crippen LogP contribution in [-0.2, 0) is 6.54 Å². The van der Waals surface area contributed by atoms with Crippen molar-refractivity contribution in [2.45, 2.75) is 12.6 Å². The molecule has 2 rings (SSSR count). The Labute approximate surface area is 138 Å². The Morgan fingerprint density at radius 2 is 1.75 bits per heavy atom. The number of hydrogen-bond acceptors (Lipinski definition) is 3. The number of nitrogens with one attached hydrogen (secondary N) is 1. The lowest BCUT2D eigenvalue weighted by Gasteiger charge is -2.17. The van der Waals surface area contributed by atoms with Gasteiger partial charge in [-0.15, -0.1) is 6.42 Å². The number of hydrogen-bond donors (Lipinski definition) is 2. The van der Waals surface area contributed by atoms with E-state index in [2.05, 4.69) is 11.2 Å². The third-order valence-corrected chi connectivity index (χ3v) is 3.39. The normalized spacial score (nSPS) is 11.8. The molecule has 6 heteroatoms. The monoisotopic (exact) mass is 335 g/mol. The largest absolute Gasteiger partial charge is 0.481 e. The van der Waals surface area contributed by atoms with Crippen molar-refractivity contribution >= 4 is 0 Å². The lowest BCUT2D eigenvalue weighted by Crippen LogP contribution is -2.24. The summed E-state index contributed by atoms with van der Waals surface area (Å²) in [5.41, 5.74) is 0.993. The van der Waals surface area contributed by atoms with Gasteiger partial charge in [0.1, 0.15) is 12.4 Å². The molecule has 3 nitrogen and oxygen atoms in total. The third-order valence-electron chi connectivity index (χ3n) is 3.39. The van der Waals surface area contributed by atoms with Gasteiger partial charge in [0, 0.05) is 6.54 Å². The van der Waals surface area contributed by atoms with E-state index in [0.29, 0.717) is 12.3 Å². The summed E-state index contributed by atoms with van der Waals surface area (Å²) in [5, 5.41) is 12.4. The first kappa shape index (κ1) is 17.9. The fourth-order valence-corrected chi connectivity index (χ4v) is 2.13. The van der Waals surface area contributed by atoms with Gasteiger partial charge in [0.15, 0.2) is 17.5 Å². The quantitative estimate of drug-likeness (QED) is 0.604. The fraction of sp³-hybridized carbons (Fsp3) is 0.222. The van der Waals surface area contributed by atoms with Gasteiger partial charge in [-0.1, -0.05) is 18.1 Å². The third kappa shape index (κ3) is 4.51. The van der Waals surface area contributed by atoms with Gasteiger partial charge >= 0.3 is 0 Å². The van der Waals surface area contributed by atoms with Crippen LogP contribution >= 0.6 is 0 Å². The fourth-order valence-electron chi connectivity index (χ4n) is 2.13. The number of benzene rings is 2. The van der Waals surface area contributed by atoms with Crippen LogP contribution in [0.2, 0.25) is 0 Å². The Balaban J connectivity index is 2.02. The highest BCUT2D eigenvalue weighted by molar-refractivity contribution is 5.28. The van der Waals surface area contributed by atoms with Crippen LogP contribution in [-0.4, -0.2) is 18.3 Å². The van der Waals surface area contributed by atoms with Crippen molar-refractivity contribution in [2.75, 3.05) is 13.2 Å². The topological polar surface area (TPSA) is 41.5 Å². The summed E-state index contributed by atoms with van der Waals surface area (Å²) in [5.74, 6) is -1.13. The average molecular weight is 335 g/mol. The van der Waals surface area contributed by atoms with E-state index in [9.17, 15) is 18.3 Å². The molecular weight excluding hydrogens is 319 g/mol. The molecule has 0 spiro atoms. The van der Waals surface area contributed by atoms with Gasteiger partial charge in [0.25, 0.3) is 0 Å². The molecule has 2 aromatic rings. The average Bonchev–Trinajstić information content (AvgIpc) is 2.59. The molecule has 0 heterocycles. The summed E-state index contributed by atoms with van der Waals surface area (Å²) >= 11 is 0. The Kier molecular flexibility index (Phi) is 6.24. The van der Waals surface area contributed by atoms with Crippen LogP contribution in [0.3, 0.4) is 0 Å². The van der Waals surface area contributed by atoms with E-state index in [4.69, 9.17) is 11.2 Å². The summed E-state index contributed by atoms with van der Waals surface area (Å²) in [6, 6.07) is 8.05. The van der Waals surface area contributed by atoms with E-state index in [1.54, 1.807) is 24.3 Å². The van der Waals surface area contributed by atoms with E-state index in [0.717, 1.165) is 17.7 Å². The van der Waals surface area contributed by atoms with Crippen LogP contribution in [0, 0.1) is 29.8 Å². The Hall–Kier alpha value is -2.49. The van der Waals surface area contributed by atoms with E-state index >= 15 is 0 Å². The van der Waals surface area contributed by atoms with Crippen LogP contribution in [0.5, 0.6) is 5.75 Å². The van der Waals surface area contributed by atoms with Crippen molar-refractivity contribution in [1.29, 1.82) is 0 Å². The van der Waals surface area contributed by atoms with Crippen molar-refractivity contribution in [3.05, 3.63) is 65.0 Å². The molecule has 0 radical (unpaired) electrons. The Morgan fingerprint density at radius 3 is 2.29 bits per heavy atom. The summed E-state index contributed by atoms with van der Waals surface area (Å²) < 4.78 is 44.8. The van der Waals surface area contributed by atoms with Crippen LogP contribution < -0.4 is 10.1 Å². The van der Waals surface area contributed by atoms with Crippen LogP contribution in [0.4, 0.5) is 13.2 Å². The van der Waals surface area contributed by atoms with Crippen LogP contribution in [0.15, 0.2) is 36.4 Å². The first-order valence-electron chi connectivity index (χ1n) is 7.19. The molecule has 126 valence electrons. The number of halogens is 3. The lowest BCUT2D eigenvalue weighted by atomic mass is 10.1. The van der Waals surface area contributed by atoms with Crippen molar-refractivity contribution in [3.63, 3.8) is 0 Å². The maximum absolute atomic E-state index is 13.3. The number of aliphatic hydroxyl groups excluding tert-OH is 1. The Bertz CT molecular complexity index is 703. The zero-order valence-corrected chi connectivity index (χ0v) is 12.7. The molecule has 0 aromatic heterocycles. The maximum Gasteiger partial charge on any atom is 0.194 e. The van der Waals surface area contributed by atoms with Crippen LogP contribution in [0.25, 0.3) is 0 Å². The SMILES string of the molecule is C#CCOc1ccc(CNC(CO)c2cc(F)c(F)c(F)c2)cc1. The van der Waals surface area contributed by atoms with E-state index < -0.39 is 30.1 Å². The molecule has 0 aliphatic carbocycles. The van der Waals surface area contributed by atoms with Crippen molar-refractivity contribution in [3.8, 4) is 18.1 Å². The molecule has 0 aliphatic heterocycles. The molecule has 0 fully saturated rings. The molecule has 0 bridgehead atoms. The molecule has 2 N–H and O–H groups in total. The second kappa shape index (κ2) is 8.39. The van der Waals surface area contributed by atoms with Gasteiger partial charge in [0.05, 0.1) is 12.6 Å². The highest BCUT2D eigenvalue weighted by Gasteiger charge is 2.16. The standard InChI is InChI=1S/C18H16F3NO2/c1-2-7-24-14-5-3-12(4-6-14)10-22-17(11-23)13-8-15(19)18(21)16(20)9-13/h1,3-6,8-9,17,22-23H,7,10-11H2. The molecule has 24 heavy (non-hydrogen) atoms. The second-order valence-electron chi connectivity index (χ2n) is 5.05. The van der Waals surface area contributed by atoms with Gasteiger partial charge in [-0.3, -0.25) is 0 Å². The predicted octanol–water partition coefficient (Wildman–Crippen LogP) is 2.94. The first-order valence-corrected chi connectivity index (χ1v) is 7.19. The molecule has 0 saturated carbocycles. The predicted molar refractivity (Wildman–Crippen MR) is 83.8 cm³/mol. The number of rotatable bonds is 7. The van der Waals surface area contributed by atoms with Gasteiger partial charge in [-0.25, -0.2) is 13.2 Å². The molecule has 1 atom stereocenters. The highest BCUT2D eigenvalue weighted by Crippen LogP contribution is 2.20. The maximum atomic E-state index is 13.3. The number of aliphatic hydroxyl groups is 1. The van der Waals surface area contributed by atoms with Gasteiger partial charge in [-0.2, -0.15) is 0 Å². The van der Waals surface area contributed by atoms with Crippen LogP contribution in [0.1, 0.15) is 17.2 Å². The van der Waals surface area contributed by atoms with E-state index in [1.165, 1.54) is 0 Å². The molecule has 1 unspecified atom stereocenters. The first-order chi connectivity index (χ1) is 11.5. The van der Waals surface area contributed by atoms with Gasteiger partial charge in [0.2, 0.25) is 0 Å². The number of terminal acetylenes is 1. The summed E-state index contributed by atoms with van der Waals surface area (Å²) in [6.07, 6.45) is 5.10. The molecular formula is C18H16F3NO2. The lowest BCUT2D eigenvalue weighted by molar-refractivity contribution is 0.242. The highest BCUT2D eigenvalue weighted by atomic mass is 19.2. The van der Waals surface area contributed by atoms with Crippen molar-refractivity contribution in [1.82, 2.24) is 5.32 Å². The molecule has 0 amide bonds. The zero-order chi connectivity index (χ0) is 17.5. The minimum Gasteiger partial charge on any atom is -0.481 e. The van der Waals surface area contributed by atoms with Gasteiger partial charge < -0.3 is 15.2 Å². The molecule has 0 aliphatic rings. The second-order valence-corrected chi connectivity index (χ2v) is 5.05. The minimum absolute atomic E-state index is 0.128. The van der Waals surface area contributed by atoms with Gasteiger partial charge in [-0.05, 0) is 35.4 Å². The van der Waals surface area contributed by atoms with E-state index in [-0.39, 0.29) is 12.2 Å². The Morgan fingerprint density at radius 1 is 1.12 bits per heavy atom. The van der Waals surface area contributed by atoms with E-state index in [1.807, 2.05) is 0 Å². The summed E-state index contributed by atoms with van der Waals surface area (Å²) in [4.78, 5) is 0. The molecule has 0 saturated heterocycles. The number of ether oxygens (including phenoxy) is 1. The van der Waals surface area contributed by atoms with Crippen molar-refractivity contribution < 1.29 is 23.0 Å². The minimum atomic E-state index is -1.53. The smallest absolute Gasteiger partial charge is 0.194 e. The summed E-state index contributed by atoms with van der Waals surface area (Å²) in [7, 11) is 0. The summed E-state index contributed by atoms with van der Waals surface area (Å²) in [6.45, 7) is 0.112. The zero-order valence-electron chi connectivity index (χ0n) is 12.7.